The van der Waals surface area contributed by atoms with Crippen LogP contribution in [0.3, 0.4) is 0 Å². The van der Waals surface area contributed by atoms with Gasteiger partial charge in [0, 0.05) is 61.3 Å². The summed E-state index contributed by atoms with van der Waals surface area (Å²) < 4.78 is 0. The van der Waals surface area contributed by atoms with Gasteiger partial charge in [-0.15, -0.1) is 0 Å². The van der Waals surface area contributed by atoms with Crippen LogP contribution in [0.25, 0.3) is 22.8 Å². The normalized spacial score (nSPS) is 10.3. The second-order valence-electron chi connectivity index (χ2n) is 7.89. The van der Waals surface area contributed by atoms with E-state index < -0.39 is 11.9 Å². The molecule has 0 spiro atoms. The number of aromatic nitrogens is 4. The summed E-state index contributed by atoms with van der Waals surface area (Å²) in [5.74, 6) is -1.15. The van der Waals surface area contributed by atoms with Crippen LogP contribution in [0, 0.1) is 0 Å². The minimum absolute atomic E-state index is 0.183. The molecule has 0 radical (unpaired) electrons. The van der Waals surface area contributed by atoms with E-state index in [1.807, 2.05) is 0 Å². The van der Waals surface area contributed by atoms with Crippen LogP contribution in [0.4, 0.5) is 16.2 Å². The van der Waals surface area contributed by atoms with Crippen LogP contribution in [0.2, 0.25) is 0 Å². The van der Waals surface area contributed by atoms with Crippen molar-refractivity contribution in [1.82, 2.24) is 30.6 Å². The summed E-state index contributed by atoms with van der Waals surface area (Å²) in [6, 6.07) is 11.7. The molecule has 0 saturated heterocycles. The van der Waals surface area contributed by atoms with Crippen molar-refractivity contribution in [2.75, 3.05) is 17.7 Å². The average Bonchev–Trinajstić information content (AvgIpc) is 2.92. The molecule has 4 rings (SSSR count). The molecule has 190 valence electrons. The summed E-state index contributed by atoms with van der Waals surface area (Å²) in [6.07, 6.45) is 5.89. The van der Waals surface area contributed by atoms with Crippen molar-refractivity contribution < 1.29 is 19.2 Å². The van der Waals surface area contributed by atoms with Crippen LogP contribution in [0.15, 0.2) is 73.3 Å². The fourth-order valence-electron chi connectivity index (χ4n) is 3.41. The van der Waals surface area contributed by atoms with E-state index in [0.717, 1.165) is 0 Å². The lowest BCUT2D eigenvalue weighted by molar-refractivity contribution is -0.114. The van der Waals surface area contributed by atoms with Crippen molar-refractivity contribution in [3.63, 3.8) is 0 Å². The van der Waals surface area contributed by atoms with E-state index in [9.17, 15) is 19.2 Å². The zero-order valence-corrected chi connectivity index (χ0v) is 20.4. The Kier molecular flexibility index (Phi) is 7.72. The monoisotopic (exact) mass is 510 g/mol. The Morgan fingerprint density at radius 1 is 0.605 bits per heavy atom. The number of amides is 5. The molecular weight excluding hydrogens is 488 g/mol. The molecule has 0 atom stereocenters. The van der Waals surface area contributed by atoms with Gasteiger partial charge in [-0.25, -0.2) is 4.79 Å². The SMILES string of the molecule is CNC(=O)c1ccnc(-c2cc(NC(=O)NC(=O)c3ccnc(-c4cc(NC(C)=O)ccn4)c3)ccn2)c1. The molecule has 0 unspecified atom stereocenters. The molecular formula is C26H22N8O4. The Hall–Kier alpha value is -5.52. The number of rotatable bonds is 6. The highest BCUT2D eigenvalue weighted by Gasteiger charge is 2.14. The third-order valence-corrected chi connectivity index (χ3v) is 5.12. The lowest BCUT2D eigenvalue weighted by Crippen LogP contribution is -2.34. The maximum absolute atomic E-state index is 12.7. The molecule has 0 fully saturated rings. The topological polar surface area (TPSA) is 168 Å². The number of nitrogens with one attached hydrogen (secondary N) is 4. The third-order valence-electron chi connectivity index (χ3n) is 5.12. The Labute approximate surface area is 217 Å². The zero-order valence-electron chi connectivity index (χ0n) is 20.4. The van der Waals surface area contributed by atoms with Crippen LogP contribution in [0.5, 0.6) is 0 Å². The molecule has 0 aliphatic heterocycles. The molecule has 5 amide bonds. The van der Waals surface area contributed by atoms with Crippen LogP contribution in [-0.2, 0) is 4.79 Å². The number of pyridine rings is 4. The molecule has 0 aliphatic carbocycles. The fraction of sp³-hybridized carbons (Fsp3) is 0.0769. The quantitative estimate of drug-likeness (QED) is 0.307. The highest BCUT2D eigenvalue weighted by atomic mass is 16.2. The molecule has 4 heterocycles. The largest absolute Gasteiger partial charge is 0.355 e. The van der Waals surface area contributed by atoms with Crippen LogP contribution in [0.1, 0.15) is 27.6 Å². The first-order valence-corrected chi connectivity index (χ1v) is 11.3. The van der Waals surface area contributed by atoms with E-state index in [-0.39, 0.29) is 17.4 Å². The Morgan fingerprint density at radius 3 is 1.55 bits per heavy atom. The lowest BCUT2D eigenvalue weighted by atomic mass is 10.1. The van der Waals surface area contributed by atoms with Gasteiger partial charge in [0.2, 0.25) is 5.91 Å². The Morgan fingerprint density at radius 2 is 1.05 bits per heavy atom. The fourth-order valence-corrected chi connectivity index (χ4v) is 3.41. The molecule has 38 heavy (non-hydrogen) atoms. The minimum Gasteiger partial charge on any atom is -0.355 e. The van der Waals surface area contributed by atoms with Gasteiger partial charge in [0.05, 0.1) is 22.8 Å². The highest BCUT2D eigenvalue weighted by Crippen LogP contribution is 2.20. The summed E-state index contributed by atoms with van der Waals surface area (Å²) in [6.45, 7) is 1.39. The van der Waals surface area contributed by atoms with Crippen LogP contribution in [-0.4, -0.2) is 50.7 Å². The first-order chi connectivity index (χ1) is 18.3. The average molecular weight is 511 g/mol. The van der Waals surface area contributed by atoms with E-state index in [1.165, 1.54) is 50.9 Å². The van der Waals surface area contributed by atoms with Gasteiger partial charge in [0.1, 0.15) is 0 Å². The third kappa shape index (κ3) is 6.37. The highest BCUT2D eigenvalue weighted by molar-refractivity contribution is 6.08. The molecule has 0 saturated carbocycles. The van der Waals surface area contributed by atoms with Crippen molar-refractivity contribution in [2.45, 2.75) is 6.92 Å². The first-order valence-electron chi connectivity index (χ1n) is 11.3. The number of anilines is 2. The predicted molar refractivity (Wildman–Crippen MR) is 139 cm³/mol. The maximum Gasteiger partial charge on any atom is 0.326 e. The van der Waals surface area contributed by atoms with Crippen molar-refractivity contribution in [3.8, 4) is 22.8 Å². The zero-order chi connectivity index (χ0) is 27.1. The molecule has 12 heteroatoms. The number of nitrogens with zero attached hydrogens (tertiary/aromatic N) is 4. The van der Waals surface area contributed by atoms with E-state index in [4.69, 9.17) is 0 Å². The second kappa shape index (κ2) is 11.5. The van der Waals surface area contributed by atoms with Crippen molar-refractivity contribution in [1.29, 1.82) is 0 Å². The summed E-state index contributed by atoms with van der Waals surface area (Å²) in [4.78, 5) is 65.4. The number of imide groups is 1. The van der Waals surface area contributed by atoms with E-state index in [2.05, 4.69) is 41.2 Å². The molecule has 0 aromatic carbocycles. The van der Waals surface area contributed by atoms with Gasteiger partial charge in [0.15, 0.2) is 0 Å². The van der Waals surface area contributed by atoms with E-state index in [0.29, 0.717) is 39.7 Å². The van der Waals surface area contributed by atoms with Crippen LogP contribution < -0.4 is 21.3 Å². The molecule has 4 aromatic rings. The Bertz CT molecular complexity index is 1540. The number of carbonyl (C=O) groups excluding carboxylic acids is 4. The summed E-state index contributed by atoms with van der Waals surface area (Å²) in [5.41, 5.74) is 3.17. The van der Waals surface area contributed by atoms with Gasteiger partial charge < -0.3 is 16.0 Å². The molecule has 12 nitrogen and oxygen atoms in total. The van der Waals surface area contributed by atoms with Crippen molar-refractivity contribution >= 4 is 35.1 Å². The Balaban J connectivity index is 1.45. The smallest absolute Gasteiger partial charge is 0.326 e. The van der Waals surface area contributed by atoms with Crippen LogP contribution >= 0.6 is 0 Å². The molecule has 4 aromatic heterocycles. The second-order valence-corrected chi connectivity index (χ2v) is 7.89. The number of hydrogen-bond acceptors (Lipinski definition) is 8. The van der Waals surface area contributed by atoms with E-state index >= 15 is 0 Å². The predicted octanol–water partition coefficient (Wildman–Crippen LogP) is 2.88. The van der Waals surface area contributed by atoms with Gasteiger partial charge >= 0.3 is 6.03 Å². The number of carbonyl (C=O) groups is 4. The number of urea groups is 1. The van der Waals surface area contributed by atoms with Gasteiger partial charge in [-0.2, -0.15) is 0 Å². The first kappa shape index (κ1) is 25.6. The van der Waals surface area contributed by atoms with Gasteiger partial charge in [-0.3, -0.25) is 39.6 Å². The lowest BCUT2D eigenvalue weighted by Gasteiger charge is -2.09. The van der Waals surface area contributed by atoms with Crippen molar-refractivity contribution in [2.24, 2.45) is 0 Å². The van der Waals surface area contributed by atoms with Gasteiger partial charge in [-0.1, -0.05) is 0 Å². The summed E-state index contributed by atoms with van der Waals surface area (Å²) >= 11 is 0. The van der Waals surface area contributed by atoms with Gasteiger partial charge in [-0.05, 0) is 48.5 Å². The van der Waals surface area contributed by atoms with Crippen molar-refractivity contribution in [3.05, 3.63) is 84.4 Å². The standard InChI is InChI=1S/C26H22N8O4/c1-15(35)32-18-5-9-30-22(13-18)21-12-17(4-8-29-21)25(37)34-26(38)33-19-6-10-31-23(14-19)20-11-16(3-7-28-20)24(36)27-2/h3-14H,1-2H3,(H,27,36)(H,30,32,35)(H2,31,33,34,37,38). The summed E-state index contributed by atoms with van der Waals surface area (Å²) in [5, 5.41) is 10.1. The molecule has 0 bridgehead atoms. The van der Waals surface area contributed by atoms with E-state index in [1.54, 1.807) is 36.4 Å². The molecule has 0 aliphatic rings. The number of hydrogen-bond donors (Lipinski definition) is 4. The maximum atomic E-state index is 12.7. The van der Waals surface area contributed by atoms with Gasteiger partial charge in [0.25, 0.3) is 11.8 Å². The summed E-state index contributed by atoms with van der Waals surface area (Å²) in [7, 11) is 1.53. The minimum atomic E-state index is -0.761. The molecule has 4 N–H and O–H groups in total.